The highest BCUT2D eigenvalue weighted by atomic mass is 16.5. The van der Waals surface area contributed by atoms with Crippen LogP contribution >= 0.6 is 0 Å². The van der Waals surface area contributed by atoms with E-state index in [1.807, 2.05) is 6.08 Å². The smallest absolute Gasteiger partial charge is 0.0655 e. The first kappa shape index (κ1) is 10.7. The summed E-state index contributed by atoms with van der Waals surface area (Å²) in [5.74, 6) is 0. The van der Waals surface area contributed by atoms with Gasteiger partial charge in [0.2, 0.25) is 0 Å². The van der Waals surface area contributed by atoms with E-state index in [1.165, 1.54) is 0 Å². The first-order valence-electron chi connectivity index (χ1n) is 4.28. The van der Waals surface area contributed by atoms with Crippen LogP contribution in [0.25, 0.3) is 0 Å². The van der Waals surface area contributed by atoms with E-state index in [0.29, 0.717) is 6.04 Å². The minimum Gasteiger partial charge on any atom is -0.380 e. The van der Waals surface area contributed by atoms with Crippen LogP contribution in [-0.2, 0) is 4.74 Å². The van der Waals surface area contributed by atoms with E-state index in [2.05, 4.69) is 25.7 Å². The fourth-order valence-electron chi connectivity index (χ4n) is 0.827. The molecule has 1 N–H and O–H groups in total. The van der Waals surface area contributed by atoms with Crippen molar-refractivity contribution in [2.24, 2.45) is 0 Å². The SMILES string of the molecule is C=CC(COCCC)NCC. The number of likely N-dealkylation sites (N-methyl/N-ethyl adjacent to an activating group) is 1. The van der Waals surface area contributed by atoms with Gasteiger partial charge in [0.25, 0.3) is 0 Å². The minimum absolute atomic E-state index is 0.312. The summed E-state index contributed by atoms with van der Waals surface area (Å²) in [5.41, 5.74) is 0. The second kappa shape index (κ2) is 7.76. The summed E-state index contributed by atoms with van der Waals surface area (Å²) in [6.07, 6.45) is 2.97. The zero-order valence-electron chi connectivity index (χ0n) is 7.60. The van der Waals surface area contributed by atoms with Crippen LogP contribution in [0.1, 0.15) is 20.3 Å². The zero-order valence-corrected chi connectivity index (χ0v) is 7.60. The maximum atomic E-state index is 5.35. The Hall–Kier alpha value is -0.340. The molecule has 0 radical (unpaired) electrons. The monoisotopic (exact) mass is 157 g/mol. The van der Waals surface area contributed by atoms with Crippen LogP contribution in [0.5, 0.6) is 0 Å². The number of nitrogens with one attached hydrogen (secondary N) is 1. The van der Waals surface area contributed by atoms with Gasteiger partial charge in [-0.05, 0) is 13.0 Å². The lowest BCUT2D eigenvalue weighted by atomic mass is 10.3. The maximum Gasteiger partial charge on any atom is 0.0655 e. The molecule has 0 bridgehead atoms. The maximum absolute atomic E-state index is 5.35. The molecule has 0 aromatic carbocycles. The van der Waals surface area contributed by atoms with E-state index in [9.17, 15) is 0 Å². The largest absolute Gasteiger partial charge is 0.380 e. The molecular weight excluding hydrogens is 138 g/mol. The van der Waals surface area contributed by atoms with Gasteiger partial charge in [-0.25, -0.2) is 0 Å². The topological polar surface area (TPSA) is 21.3 Å². The molecular formula is C9H19NO. The van der Waals surface area contributed by atoms with Crippen molar-refractivity contribution in [1.29, 1.82) is 0 Å². The molecule has 1 unspecified atom stereocenters. The summed E-state index contributed by atoms with van der Waals surface area (Å²) < 4.78 is 5.35. The fourth-order valence-corrected chi connectivity index (χ4v) is 0.827. The van der Waals surface area contributed by atoms with E-state index in [1.54, 1.807) is 0 Å². The molecule has 0 fully saturated rings. The summed E-state index contributed by atoms with van der Waals surface area (Å²) >= 11 is 0. The van der Waals surface area contributed by atoms with Gasteiger partial charge in [-0.2, -0.15) is 0 Å². The fraction of sp³-hybridized carbons (Fsp3) is 0.778. The van der Waals surface area contributed by atoms with Gasteiger partial charge in [-0.3, -0.25) is 0 Å². The van der Waals surface area contributed by atoms with Gasteiger partial charge < -0.3 is 10.1 Å². The van der Waals surface area contributed by atoms with Gasteiger partial charge >= 0.3 is 0 Å². The molecule has 0 saturated heterocycles. The molecule has 2 heteroatoms. The average molecular weight is 157 g/mol. The molecule has 66 valence electrons. The Morgan fingerprint density at radius 1 is 1.55 bits per heavy atom. The van der Waals surface area contributed by atoms with Crippen LogP contribution in [0.15, 0.2) is 12.7 Å². The van der Waals surface area contributed by atoms with Crippen molar-refractivity contribution < 1.29 is 4.74 Å². The number of ether oxygens (including phenoxy) is 1. The lowest BCUT2D eigenvalue weighted by Gasteiger charge is -2.12. The van der Waals surface area contributed by atoms with Crippen molar-refractivity contribution in [1.82, 2.24) is 5.32 Å². The van der Waals surface area contributed by atoms with Crippen LogP contribution in [0.3, 0.4) is 0 Å². The van der Waals surface area contributed by atoms with Crippen molar-refractivity contribution in [2.45, 2.75) is 26.3 Å². The molecule has 0 aromatic heterocycles. The average Bonchev–Trinajstić information content (AvgIpc) is 2.03. The van der Waals surface area contributed by atoms with Crippen molar-refractivity contribution in [3.63, 3.8) is 0 Å². The predicted octanol–water partition coefficient (Wildman–Crippen LogP) is 1.58. The Bertz CT molecular complexity index is 93.6. The summed E-state index contributed by atoms with van der Waals surface area (Å²) in [6, 6.07) is 0.312. The highest BCUT2D eigenvalue weighted by Gasteiger charge is 1.99. The Labute approximate surface area is 69.6 Å². The third kappa shape index (κ3) is 6.07. The predicted molar refractivity (Wildman–Crippen MR) is 48.8 cm³/mol. The molecule has 1 atom stereocenters. The van der Waals surface area contributed by atoms with E-state index < -0.39 is 0 Å². The molecule has 0 heterocycles. The van der Waals surface area contributed by atoms with E-state index in [-0.39, 0.29) is 0 Å². The highest BCUT2D eigenvalue weighted by molar-refractivity contribution is 4.84. The van der Waals surface area contributed by atoms with Crippen LogP contribution in [0, 0.1) is 0 Å². The Kier molecular flexibility index (Phi) is 7.52. The van der Waals surface area contributed by atoms with Gasteiger partial charge in [0, 0.05) is 12.6 Å². The molecule has 0 spiro atoms. The van der Waals surface area contributed by atoms with Crippen molar-refractivity contribution in [3.05, 3.63) is 12.7 Å². The van der Waals surface area contributed by atoms with E-state index in [0.717, 1.165) is 26.2 Å². The summed E-state index contributed by atoms with van der Waals surface area (Å²) in [5, 5.41) is 3.25. The Morgan fingerprint density at radius 3 is 2.73 bits per heavy atom. The number of hydrogen-bond acceptors (Lipinski definition) is 2. The second-order valence-corrected chi connectivity index (χ2v) is 2.47. The number of rotatable bonds is 7. The number of hydrogen-bond donors (Lipinski definition) is 1. The van der Waals surface area contributed by atoms with Gasteiger partial charge in [0.05, 0.1) is 6.61 Å². The van der Waals surface area contributed by atoms with Crippen molar-refractivity contribution in [2.75, 3.05) is 19.8 Å². The molecule has 0 aliphatic rings. The normalized spacial score (nSPS) is 12.9. The van der Waals surface area contributed by atoms with Gasteiger partial charge in [-0.1, -0.05) is 19.9 Å². The third-order valence-electron chi connectivity index (χ3n) is 1.40. The molecule has 0 aliphatic carbocycles. The lowest BCUT2D eigenvalue weighted by molar-refractivity contribution is 0.123. The summed E-state index contributed by atoms with van der Waals surface area (Å²) in [7, 11) is 0. The molecule has 0 saturated carbocycles. The minimum atomic E-state index is 0.312. The molecule has 2 nitrogen and oxygen atoms in total. The van der Waals surface area contributed by atoms with Crippen LogP contribution in [0.4, 0.5) is 0 Å². The molecule has 0 aromatic rings. The molecule has 0 rings (SSSR count). The molecule has 0 aliphatic heterocycles. The second-order valence-electron chi connectivity index (χ2n) is 2.47. The quantitative estimate of drug-likeness (QED) is 0.447. The summed E-state index contributed by atoms with van der Waals surface area (Å²) in [4.78, 5) is 0. The van der Waals surface area contributed by atoms with Crippen LogP contribution < -0.4 is 5.32 Å². The van der Waals surface area contributed by atoms with Crippen LogP contribution in [0.2, 0.25) is 0 Å². The summed E-state index contributed by atoms with van der Waals surface area (Å²) in [6.45, 7) is 10.5. The van der Waals surface area contributed by atoms with Gasteiger partial charge in [0.1, 0.15) is 0 Å². The first-order chi connectivity index (χ1) is 5.35. The van der Waals surface area contributed by atoms with E-state index >= 15 is 0 Å². The molecule has 11 heavy (non-hydrogen) atoms. The standard InChI is InChI=1S/C9H19NO/c1-4-7-11-8-9(5-2)10-6-3/h5,9-10H,2,4,6-8H2,1,3H3. The third-order valence-corrected chi connectivity index (χ3v) is 1.40. The zero-order chi connectivity index (χ0) is 8.53. The van der Waals surface area contributed by atoms with Crippen LogP contribution in [-0.4, -0.2) is 25.8 Å². The van der Waals surface area contributed by atoms with Gasteiger partial charge in [-0.15, -0.1) is 6.58 Å². The Morgan fingerprint density at radius 2 is 2.27 bits per heavy atom. The van der Waals surface area contributed by atoms with E-state index in [4.69, 9.17) is 4.74 Å². The van der Waals surface area contributed by atoms with Crippen molar-refractivity contribution >= 4 is 0 Å². The van der Waals surface area contributed by atoms with Gasteiger partial charge in [0.15, 0.2) is 0 Å². The Balaban J connectivity index is 3.28. The highest BCUT2D eigenvalue weighted by Crippen LogP contribution is 1.88. The van der Waals surface area contributed by atoms with Crippen molar-refractivity contribution in [3.8, 4) is 0 Å². The lowest BCUT2D eigenvalue weighted by Crippen LogP contribution is -2.31. The first-order valence-corrected chi connectivity index (χ1v) is 4.28. The molecule has 0 amide bonds.